The molecule has 16 heavy (non-hydrogen) atoms. The average Bonchev–Trinajstić information content (AvgIpc) is 2.28. The number of carbonyl (C=O) groups is 1. The van der Waals surface area contributed by atoms with Crippen LogP contribution in [-0.4, -0.2) is 18.1 Å². The summed E-state index contributed by atoms with van der Waals surface area (Å²) in [6.45, 7) is 0. The van der Waals surface area contributed by atoms with E-state index in [4.69, 9.17) is 5.73 Å². The molecule has 2 N–H and O–H groups in total. The normalized spacial score (nSPS) is 10.4. The lowest BCUT2D eigenvalue weighted by molar-refractivity contribution is 0.0604. The Morgan fingerprint density at radius 1 is 1.50 bits per heavy atom. The van der Waals surface area contributed by atoms with E-state index in [9.17, 15) is 9.18 Å². The molecule has 82 valence electrons. The topological polar surface area (TPSA) is 65.2 Å². The summed E-state index contributed by atoms with van der Waals surface area (Å²) in [7, 11) is 1.26. The van der Waals surface area contributed by atoms with Crippen LogP contribution in [0.4, 0.5) is 10.1 Å². The van der Waals surface area contributed by atoms with Gasteiger partial charge in [-0.3, -0.25) is 4.98 Å². The number of fused-ring (bicyclic) bond motifs is 1. The lowest BCUT2D eigenvalue weighted by Crippen LogP contribution is -2.07. The number of rotatable bonds is 1. The number of pyridine rings is 1. The number of nitrogens with zero attached hydrogens (tertiary/aromatic N) is 1. The smallest absolute Gasteiger partial charge is 0.340 e. The molecule has 0 aliphatic carbocycles. The summed E-state index contributed by atoms with van der Waals surface area (Å²) in [6.07, 6.45) is 1.31. The number of carbonyl (C=O) groups excluding carboxylic acids is 1. The van der Waals surface area contributed by atoms with E-state index in [1.54, 1.807) is 0 Å². The Hall–Kier alpha value is -2.17. The molecule has 1 aromatic heterocycles. The van der Waals surface area contributed by atoms with Gasteiger partial charge in [-0.05, 0) is 12.1 Å². The first kappa shape index (κ1) is 10.4. The van der Waals surface area contributed by atoms with Gasteiger partial charge in [-0.2, -0.15) is 0 Å². The Balaban J connectivity index is 2.79. The highest BCUT2D eigenvalue weighted by molar-refractivity contribution is 6.07. The zero-order valence-electron chi connectivity index (χ0n) is 8.53. The zero-order valence-corrected chi connectivity index (χ0v) is 8.53. The molecule has 1 heterocycles. The van der Waals surface area contributed by atoms with Crippen LogP contribution < -0.4 is 5.73 Å². The van der Waals surface area contributed by atoms with Gasteiger partial charge in [0.2, 0.25) is 0 Å². The minimum Gasteiger partial charge on any atom is -0.465 e. The van der Waals surface area contributed by atoms with Gasteiger partial charge in [-0.25, -0.2) is 9.18 Å². The Kier molecular flexibility index (Phi) is 2.44. The number of hydrogen-bond donors (Lipinski definition) is 1. The van der Waals surface area contributed by atoms with E-state index >= 15 is 0 Å². The van der Waals surface area contributed by atoms with Crippen molar-refractivity contribution in [2.24, 2.45) is 0 Å². The molecule has 2 aromatic rings. The zero-order chi connectivity index (χ0) is 11.7. The molecular weight excluding hydrogens is 211 g/mol. The molecule has 0 aliphatic heterocycles. The first-order valence-corrected chi connectivity index (χ1v) is 4.55. The van der Waals surface area contributed by atoms with Gasteiger partial charge in [0.05, 0.1) is 30.1 Å². The van der Waals surface area contributed by atoms with Gasteiger partial charge >= 0.3 is 5.97 Å². The molecule has 2 rings (SSSR count). The molecule has 0 unspecified atom stereocenters. The molecule has 0 atom stereocenters. The minimum absolute atomic E-state index is 0.214. The number of anilines is 1. The van der Waals surface area contributed by atoms with Gasteiger partial charge in [0.25, 0.3) is 0 Å². The number of ether oxygens (including phenoxy) is 1. The van der Waals surface area contributed by atoms with Gasteiger partial charge in [-0.15, -0.1) is 0 Å². The van der Waals surface area contributed by atoms with Crippen LogP contribution in [0.2, 0.25) is 0 Å². The molecule has 4 nitrogen and oxygen atoms in total. The van der Waals surface area contributed by atoms with E-state index < -0.39 is 11.8 Å². The lowest BCUT2D eigenvalue weighted by atomic mass is 10.1. The molecule has 5 heteroatoms. The Labute approximate surface area is 90.8 Å². The van der Waals surface area contributed by atoms with Crippen molar-refractivity contribution in [1.82, 2.24) is 4.98 Å². The molecule has 0 amide bonds. The third kappa shape index (κ3) is 1.56. The van der Waals surface area contributed by atoms with Crippen molar-refractivity contribution in [3.8, 4) is 0 Å². The Bertz CT molecular complexity index is 569. The molecule has 0 aliphatic rings. The van der Waals surface area contributed by atoms with E-state index in [1.807, 2.05) is 0 Å². The first-order chi connectivity index (χ1) is 7.63. The highest BCUT2D eigenvalue weighted by Crippen LogP contribution is 2.23. The highest BCUT2D eigenvalue weighted by Gasteiger charge is 2.15. The van der Waals surface area contributed by atoms with Gasteiger partial charge < -0.3 is 10.5 Å². The summed E-state index contributed by atoms with van der Waals surface area (Å²) in [6, 6.07) is 3.94. The van der Waals surface area contributed by atoms with Crippen molar-refractivity contribution >= 4 is 22.6 Å². The van der Waals surface area contributed by atoms with Gasteiger partial charge in [0.15, 0.2) is 0 Å². The van der Waals surface area contributed by atoms with E-state index in [1.165, 1.54) is 31.5 Å². The van der Waals surface area contributed by atoms with Crippen LogP contribution in [0, 0.1) is 5.82 Å². The number of halogens is 1. The van der Waals surface area contributed by atoms with Crippen molar-refractivity contribution in [1.29, 1.82) is 0 Å². The number of benzene rings is 1. The van der Waals surface area contributed by atoms with Crippen molar-refractivity contribution in [3.05, 3.63) is 35.8 Å². The van der Waals surface area contributed by atoms with Crippen LogP contribution in [-0.2, 0) is 4.74 Å². The van der Waals surface area contributed by atoms with Crippen molar-refractivity contribution in [2.75, 3.05) is 12.8 Å². The SMILES string of the molecule is COC(=O)c1c(N)cnc2cc(F)ccc12. The van der Waals surface area contributed by atoms with Crippen molar-refractivity contribution in [2.45, 2.75) is 0 Å². The fraction of sp³-hybridized carbons (Fsp3) is 0.0909. The second kappa shape index (κ2) is 3.77. The van der Waals surface area contributed by atoms with Crippen LogP contribution in [0.5, 0.6) is 0 Å². The van der Waals surface area contributed by atoms with E-state index in [2.05, 4.69) is 9.72 Å². The molecule has 0 spiro atoms. The Morgan fingerprint density at radius 3 is 2.94 bits per heavy atom. The van der Waals surface area contributed by atoms with Crippen molar-refractivity contribution in [3.63, 3.8) is 0 Å². The fourth-order valence-corrected chi connectivity index (χ4v) is 1.51. The summed E-state index contributed by atoms with van der Waals surface area (Å²) in [5, 5.41) is 0.480. The summed E-state index contributed by atoms with van der Waals surface area (Å²) in [5.41, 5.74) is 6.44. The van der Waals surface area contributed by atoms with E-state index in [0.29, 0.717) is 10.9 Å². The molecule has 0 fully saturated rings. The second-order valence-electron chi connectivity index (χ2n) is 3.24. The third-order valence-electron chi connectivity index (χ3n) is 2.25. The van der Waals surface area contributed by atoms with Crippen LogP contribution in [0.15, 0.2) is 24.4 Å². The quantitative estimate of drug-likeness (QED) is 0.743. The predicted octanol–water partition coefficient (Wildman–Crippen LogP) is 1.74. The molecule has 0 radical (unpaired) electrons. The number of nitrogen functional groups attached to an aromatic ring is 1. The summed E-state index contributed by atoms with van der Waals surface area (Å²) in [4.78, 5) is 15.5. The fourth-order valence-electron chi connectivity index (χ4n) is 1.51. The molecular formula is C11H9FN2O2. The molecule has 0 bridgehead atoms. The van der Waals surface area contributed by atoms with E-state index in [-0.39, 0.29) is 11.3 Å². The second-order valence-corrected chi connectivity index (χ2v) is 3.24. The van der Waals surface area contributed by atoms with E-state index in [0.717, 1.165) is 0 Å². The Morgan fingerprint density at radius 2 is 2.25 bits per heavy atom. The summed E-state index contributed by atoms with van der Waals surface area (Å²) < 4.78 is 17.6. The number of nitrogens with two attached hydrogens (primary N) is 1. The maximum absolute atomic E-state index is 13.0. The number of esters is 1. The first-order valence-electron chi connectivity index (χ1n) is 4.55. The minimum atomic E-state index is -0.559. The largest absolute Gasteiger partial charge is 0.465 e. The summed E-state index contributed by atoms with van der Waals surface area (Å²) >= 11 is 0. The monoisotopic (exact) mass is 220 g/mol. The molecule has 1 aromatic carbocycles. The average molecular weight is 220 g/mol. The van der Waals surface area contributed by atoms with Crippen LogP contribution >= 0.6 is 0 Å². The van der Waals surface area contributed by atoms with Crippen LogP contribution in [0.25, 0.3) is 10.9 Å². The third-order valence-corrected chi connectivity index (χ3v) is 2.25. The van der Waals surface area contributed by atoms with Crippen molar-refractivity contribution < 1.29 is 13.9 Å². The standard InChI is InChI=1S/C11H9FN2O2/c1-16-11(15)10-7-3-2-6(12)4-9(7)14-5-8(10)13/h2-5H,13H2,1H3. The van der Waals surface area contributed by atoms with Gasteiger partial charge in [-0.1, -0.05) is 0 Å². The van der Waals surface area contributed by atoms with Crippen LogP contribution in [0.1, 0.15) is 10.4 Å². The lowest BCUT2D eigenvalue weighted by Gasteiger charge is -2.07. The summed E-state index contributed by atoms with van der Waals surface area (Å²) in [5.74, 6) is -0.975. The molecule has 0 saturated heterocycles. The number of aromatic nitrogens is 1. The maximum Gasteiger partial charge on any atom is 0.340 e. The maximum atomic E-state index is 13.0. The van der Waals surface area contributed by atoms with Gasteiger partial charge in [0, 0.05) is 11.5 Å². The molecule has 0 saturated carbocycles. The number of methoxy groups -OCH3 is 1. The highest BCUT2D eigenvalue weighted by atomic mass is 19.1. The van der Waals surface area contributed by atoms with Gasteiger partial charge in [0.1, 0.15) is 5.82 Å². The predicted molar refractivity (Wildman–Crippen MR) is 57.5 cm³/mol. The van der Waals surface area contributed by atoms with Crippen LogP contribution in [0.3, 0.4) is 0 Å². The number of hydrogen-bond acceptors (Lipinski definition) is 4.